The minimum Gasteiger partial charge on any atom is -0.486 e. The summed E-state index contributed by atoms with van der Waals surface area (Å²) in [6.45, 7) is 4.79. The number of ketones is 1. The molecule has 2 saturated heterocycles. The van der Waals surface area contributed by atoms with Crippen molar-refractivity contribution in [2.75, 3.05) is 6.61 Å². The van der Waals surface area contributed by atoms with Crippen LogP contribution in [0.25, 0.3) is 0 Å². The summed E-state index contributed by atoms with van der Waals surface area (Å²) >= 11 is 5.52. The molecule has 0 aliphatic carbocycles. The molecule has 0 spiro atoms. The number of ether oxygens (including phenoxy) is 3. The first kappa shape index (κ1) is 17.4. The van der Waals surface area contributed by atoms with Crippen molar-refractivity contribution in [2.24, 2.45) is 7.05 Å². The average molecular weight is 375 g/mol. The van der Waals surface area contributed by atoms with E-state index in [9.17, 15) is 4.79 Å². The van der Waals surface area contributed by atoms with Gasteiger partial charge < -0.3 is 18.8 Å². The molecule has 3 atom stereocenters. The smallest absolute Gasteiger partial charge is 0.218 e. The maximum atomic E-state index is 12.1. The van der Waals surface area contributed by atoms with Crippen molar-refractivity contribution in [3.8, 4) is 5.75 Å². The highest BCUT2D eigenvalue weighted by atomic mass is 32.1. The average Bonchev–Trinajstić information content (AvgIpc) is 3.17. The molecule has 0 unspecified atom stereocenters. The fraction of sp³-hybridized carbons (Fsp3) is 0.500. The highest BCUT2D eigenvalue weighted by Crippen LogP contribution is 2.33. The van der Waals surface area contributed by atoms with Crippen LogP contribution in [0.3, 0.4) is 0 Å². The number of fused-ring (bicyclic) bond motifs is 2. The SMILES string of the molecule is Cc1ccc(OCc2nn([C@@H]3CC(=O)[C@@H]4OC[C@@H]3O4)c(=S)n2C)cc1C. The fourth-order valence-electron chi connectivity index (χ4n) is 3.26. The number of nitrogens with zero attached hydrogens (tertiary/aromatic N) is 3. The van der Waals surface area contributed by atoms with E-state index in [2.05, 4.69) is 18.9 Å². The number of hydrogen-bond acceptors (Lipinski definition) is 6. The first-order chi connectivity index (χ1) is 12.4. The van der Waals surface area contributed by atoms with Gasteiger partial charge in [0.2, 0.25) is 6.29 Å². The van der Waals surface area contributed by atoms with Gasteiger partial charge >= 0.3 is 0 Å². The second-order valence-electron chi connectivity index (χ2n) is 6.81. The highest BCUT2D eigenvalue weighted by molar-refractivity contribution is 7.71. The summed E-state index contributed by atoms with van der Waals surface area (Å²) in [6, 6.07) is 5.74. The van der Waals surface area contributed by atoms with Crippen molar-refractivity contribution >= 4 is 18.0 Å². The van der Waals surface area contributed by atoms with E-state index in [-0.39, 0.29) is 17.9 Å². The standard InChI is InChI=1S/C18H21N3O4S/c1-10-4-5-12(6-11(10)2)23-9-16-19-21(18(26)20(16)3)13-7-14(22)17-24-8-15(13)25-17/h4-6,13,15,17H,7-9H2,1-3H3/t13-,15+,17-/m1/s1. The van der Waals surface area contributed by atoms with Crippen molar-refractivity contribution in [3.63, 3.8) is 0 Å². The number of aromatic nitrogens is 3. The lowest BCUT2D eigenvalue weighted by atomic mass is 10.0. The van der Waals surface area contributed by atoms with Crippen molar-refractivity contribution < 1.29 is 19.0 Å². The number of hydrogen-bond donors (Lipinski definition) is 0. The third-order valence-electron chi connectivity index (χ3n) is 5.07. The highest BCUT2D eigenvalue weighted by Gasteiger charge is 2.45. The maximum absolute atomic E-state index is 12.1. The Hall–Kier alpha value is -2.03. The number of benzene rings is 1. The van der Waals surface area contributed by atoms with Gasteiger partial charge in [-0.1, -0.05) is 6.07 Å². The Bertz CT molecular complexity index is 920. The monoisotopic (exact) mass is 375 g/mol. The molecule has 1 aromatic heterocycles. The molecule has 2 bridgehead atoms. The molecule has 0 radical (unpaired) electrons. The van der Waals surface area contributed by atoms with Crippen LogP contribution in [0.4, 0.5) is 0 Å². The van der Waals surface area contributed by atoms with E-state index in [0.29, 0.717) is 30.2 Å². The second kappa shape index (κ2) is 6.61. The van der Waals surface area contributed by atoms with Gasteiger partial charge in [-0.3, -0.25) is 4.79 Å². The molecule has 0 N–H and O–H groups in total. The Balaban J connectivity index is 1.55. The zero-order chi connectivity index (χ0) is 18.4. The second-order valence-corrected chi connectivity index (χ2v) is 7.18. The molecule has 2 aliphatic heterocycles. The molecule has 1 aromatic carbocycles. The van der Waals surface area contributed by atoms with Crippen LogP contribution < -0.4 is 4.74 Å². The maximum Gasteiger partial charge on any atom is 0.218 e. The topological polar surface area (TPSA) is 67.5 Å². The largest absolute Gasteiger partial charge is 0.486 e. The summed E-state index contributed by atoms with van der Waals surface area (Å²) in [5.41, 5.74) is 2.40. The summed E-state index contributed by atoms with van der Waals surface area (Å²) in [4.78, 5) is 12.1. The van der Waals surface area contributed by atoms with E-state index in [4.69, 9.17) is 26.4 Å². The van der Waals surface area contributed by atoms with Gasteiger partial charge in [-0.25, -0.2) is 4.68 Å². The van der Waals surface area contributed by atoms with Crippen LogP contribution in [0.5, 0.6) is 5.75 Å². The van der Waals surface area contributed by atoms with E-state index >= 15 is 0 Å². The molecule has 4 rings (SSSR count). The molecule has 138 valence electrons. The third-order valence-corrected chi connectivity index (χ3v) is 5.53. The predicted molar refractivity (Wildman–Crippen MR) is 95.6 cm³/mol. The number of carbonyl (C=O) groups is 1. The molecule has 0 saturated carbocycles. The third kappa shape index (κ3) is 2.98. The van der Waals surface area contributed by atoms with Crippen molar-refractivity contribution in [3.05, 3.63) is 39.9 Å². The Kier molecular flexibility index (Phi) is 4.42. The lowest BCUT2D eigenvalue weighted by Crippen LogP contribution is -2.37. The predicted octanol–water partition coefficient (Wildman–Crippen LogP) is 2.40. The Labute approximate surface area is 156 Å². The Morgan fingerprint density at radius 2 is 2.15 bits per heavy atom. The number of carbonyl (C=O) groups excluding carboxylic acids is 1. The van der Waals surface area contributed by atoms with Crippen LogP contribution >= 0.6 is 12.2 Å². The van der Waals surface area contributed by atoms with Crippen LogP contribution in [0.1, 0.15) is 29.4 Å². The molecule has 8 heteroatoms. The van der Waals surface area contributed by atoms with Gasteiger partial charge in [-0.15, -0.1) is 0 Å². The van der Waals surface area contributed by atoms with E-state index in [1.807, 2.05) is 29.8 Å². The van der Waals surface area contributed by atoms with Crippen molar-refractivity contribution in [1.82, 2.24) is 14.3 Å². The lowest BCUT2D eigenvalue weighted by Gasteiger charge is -2.26. The van der Waals surface area contributed by atoms with Crippen LogP contribution in [-0.2, 0) is 27.9 Å². The molecular formula is C18H21N3O4S. The summed E-state index contributed by atoms with van der Waals surface area (Å²) in [5, 5.41) is 4.60. The molecule has 7 nitrogen and oxygen atoms in total. The van der Waals surface area contributed by atoms with E-state index in [1.165, 1.54) is 11.1 Å². The summed E-state index contributed by atoms with van der Waals surface area (Å²) in [6.07, 6.45) is -0.604. The van der Waals surface area contributed by atoms with Gasteiger partial charge in [-0.05, 0) is 49.3 Å². The normalized spacial score (nSPS) is 24.9. The van der Waals surface area contributed by atoms with Crippen molar-refractivity contribution in [2.45, 2.75) is 45.3 Å². The van der Waals surface area contributed by atoms with Gasteiger partial charge in [-0.2, -0.15) is 5.10 Å². The van der Waals surface area contributed by atoms with E-state index in [1.54, 1.807) is 4.68 Å². The summed E-state index contributed by atoms with van der Waals surface area (Å²) in [5.74, 6) is 1.42. The first-order valence-corrected chi connectivity index (χ1v) is 8.99. The zero-order valence-electron chi connectivity index (χ0n) is 15.0. The molecule has 2 fully saturated rings. The molecular weight excluding hydrogens is 354 g/mol. The van der Waals surface area contributed by atoms with Crippen molar-refractivity contribution in [1.29, 1.82) is 0 Å². The van der Waals surface area contributed by atoms with Crippen LogP contribution in [0.2, 0.25) is 0 Å². The Morgan fingerprint density at radius 3 is 2.92 bits per heavy atom. The molecule has 2 aromatic rings. The van der Waals surface area contributed by atoms with Gasteiger partial charge in [0.25, 0.3) is 0 Å². The van der Waals surface area contributed by atoms with E-state index in [0.717, 1.165) is 5.75 Å². The van der Waals surface area contributed by atoms with Crippen LogP contribution in [0.15, 0.2) is 18.2 Å². The van der Waals surface area contributed by atoms with Gasteiger partial charge in [0.1, 0.15) is 18.5 Å². The fourth-order valence-corrected chi connectivity index (χ4v) is 3.54. The van der Waals surface area contributed by atoms with Crippen LogP contribution in [-0.4, -0.2) is 39.1 Å². The number of Topliss-reactive ketones (excluding diaryl/α,β-unsaturated/α-hetero) is 1. The zero-order valence-corrected chi connectivity index (χ0v) is 15.8. The van der Waals surface area contributed by atoms with E-state index < -0.39 is 6.29 Å². The molecule has 2 aliphatic rings. The summed E-state index contributed by atoms with van der Waals surface area (Å²) in [7, 11) is 1.85. The quantitative estimate of drug-likeness (QED) is 0.765. The van der Waals surface area contributed by atoms with Gasteiger partial charge in [0.15, 0.2) is 16.4 Å². The minimum atomic E-state index is -0.721. The number of rotatable bonds is 4. The van der Waals surface area contributed by atoms with Crippen LogP contribution in [0, 0.1) is 18.6 Å². The first-order valence-electron chi connectivity index (χ1n) is 8.58. The van der Waals surface area contributed by atoms with Gasteiger partial charge in [0, 0.05) is 13.5 Å². The molecule has 0 amide bonds. The molecule has 3 heterocycles. The summed E-state index contributed by atoms with van der Waals surface area (Å²) < 4.78 is 20.9. The minimum absolute atomic E-state index is 0.0655. The Morgan fingerprint density at radius 1 is 1.35 bits per heavy atom. The molecule has 26 heavy (non-hydrogen) atoms. The number of aryl methyl sites for hydroxylation is 2. The van der Waals surface area contributed by atoms with Gasteiger partial charge in [0.05, 0.1) is 12.6 Å². The lowest BCUT2D eigenvalue weighted by molar-refractivity contribution is -0.156.